The summed E-state index contributed by atoms with van der Waals surface area (Å²) in [6, 6.07) is 7.92. The first-order valence-corrected chi connectivity index (χ1v) is 8.65. The van der Waals surface area contributed by atoms with Crippen LogP contribution in [0.25, 0.3) is 11.3 Å². The molecule has 2 aromatic rings. The molecular weight excluding hydrogens is 429 g/mol. The Labute approximate surface area is 168 Å². The number of hydrogen-bond acceptors (Lipinski definition) is 4. The van der Waals surface area contributed by atoms with E-state index >= 15 is 0 Å². The first kappa shape index (κ1) is 22.0. The lowest BCUT2D eigenvalue weighted by atomic mass is 10.1. The zero-order valence-electron chi connectivity index (χ0n) is 13.6. The minimum Gasteiger partial charge on any atom is -0.441 e. The Morgan fingerprint density at radius 1 is 1.36 bits per heavy atom. The maximum atomic E-state index is 12.0. The molecule has 1 aliphatic carbocycles. The van der Waals surface area contributed by atoms with Crippen LogP contribution in [-0.4, -0.2) is 23.5 Å². The van der Waals surface area contributed by atoms with Crippen LogP contribution < -0.4 is 11.1 Å². The number of nitrogens with zero attached hydrogens (tertiary/aromatic N) is 1. The summed E-state index contributed by atoms with van der Waals surface area (Å²) in [4.78, 5) is 16.3. The van der Waals surface area contributed by atoms with Crippen molar-refractivity contribution in [1.82, 2.24) is 10.3 Å². The van der Waals surface area contributed by atoms with Crippen LogP contribution in [-0.2, 0) is 11.2 Å². The summed E-state index contributed by atoms with van der Waals surface area (Å²) >= 11 is 3.50. The van der Waals surface area contributed by atoms with E-state index in [0.29, 0.717) is 37.0 Å². The standard InChI is InChI=1S/C17H20BrN3O2.2ClH/c18-13-4-2-1-3-12(13)15-10-20-17(23-15)8-7-16(22)21-14(9-19)11-5-6-11;;/h1-4,10-11,14H,5-9,19H2,(H,21,22);2*1H. The fraction of sp³-hybridized carbons (Fsp3) is 0.412. The van der Waals surface area contributed by atoms with Crippen LogP contribution in [0.5, 0.6) is 0 Å². The molecule has 5 nitrogen and oxygen atoms in total. The topological polar surface area (TPSA) is 81.1 Å². The summed E-state index contributed by atoms with van der Waals surface area (Å²) in [5, 5.41) is 3.01. The van der Waals surface area contributed by atoms with Crippen molar-refractivity contribution in [1.29, 1.82) is 0 Å². The molecule has 1 fully saturated rings. The molecule has 3 rings (SSSR count). The lowest BCUT2D eigenvalue weighted by molar-refractivity contribution is -0.121. The van der Waals surface area contributed by atoms with Crippen molar-refractivity contribution in [2.24, 2.45) is 11.7 Å². The van der Waals surface area contributed by atoms with Crippen LogP contribution in [0.4, 0.5) is 0 Å². The third kappa shape index (κ3) is 5.99. The van der Waals surface area contributed by atoms with Crippen LogP contribution in [0.1, 0.15) is 25.2 Å². The second-order valence-electron chi connectivity index (χ2n) is 5.85. The predicted octanol–water partition coefficient (Wildman–Crippen LogP) is 3.73. The Balaban J connectivity index is 0.00000156. The summed E-state index contributed by atoms with van der Waals surface area (Å²) in [7, 11) is 0. The molecule has 1 saturated carbocycles. The molecule has 1 unspecified atom stereocenters. The molecule has 8 heteroatoms. The van der Waals surface area contributed by atoms with Gasteiger partial charge in [0.05, 0.1) is 6.20 Å². The van der Waals surface area contributed by atoms with Gasteiger partial charge in [-0.25, -0.2) is 4.98 Å². The third-order valence-corrected chi connectivity index (χ3v) is 4.74. The van der Waals surface area contributed by atoms with Gasteiger partial charge in [-0.1, -0.05) is 34.1 Å². The number of carbonyl (C=O) groups excluding carboxylic acids is 1. The van der Waals surface area contributed by atoms with Crippen molar-refractivity contribution in [2.45, 2.75) is 31.7 Å². The summed E-state index contributed by atoms with van der Waals surface area (Å²) < 4.78 is 6.70. The van der Waals surface area contributed by atoms with E-state index in [1.165, 1.54) is 0 Å². The van der Waals surface area contributed by atoms with Crippen molar-refractivity contribution >= 4 is 46.7 Å². The van der Waals surface area contributed by atoms with E-state index in [0.717, 1.165) is 22.9 Å². The highest BCUT2D eigenvalue weighted by Gasteiger charge is 2.31. The molecule has 1 aliphatic rings. The lowest BCUT2D eigenvalue weighted by Crippen LogP contribution is -2.41. The number of nitrogens with one attached hydrogen (secondary N) is 1. The monoisotopic (exact) mass is 449 g/mol. The van der Waals surface area contributed by atoms with Crippen molar-refractivity contribution in [2.75, 3.05) is 6.54 Å². The van der Waals surface area contributed by atoms with Gasteiger partial charge in [-0.15, -0.1) is 24.8 Å². The first-order chi connectivity index (χ1) is 11.2. The largest absolute Gasteiger partial charge is 0.441 e. The molecule has 0 radical (unpaired) electrons. The van der Waals surface area contributed by atoms with E-state index < -0.39 is 0 Å². The van der Waals surface area contributed by atoms with E-state index in [4.69, 9.17) is 10.2 Å². The Hall–Kier alpha value is -1.08. The average Bonchev–Trinajstić information content (AvgIpc) is 3.29. The van der Waals surface area contributed by atoms with Gasteiger partial charge in [0.2, 0.25) is 5.91 Å². The highest BCUT2D eigenvalue weighted by atomic mass is 79.9. The van der Waals surface area contributed by atoms with Crippen molar-refractivity contribution < 1.29 is 9.21 Å². The summed E-state index contributed by atoms with van der Waals surface area (Å²) in [5.41, 5.74) is 6.65. The normalized spacial score (nSPS) is 14.2. The molecule has 0 saturated heterocycles. The van der Waals surface area contributed by atoms with Gasteiger partial charge in [0, 0.05) is 35.5 Å². The number of hydrogen-bond donors (Lipinski definition) is 2. The van der Waals surface area contributed by atoms with Crippen molar-refractivity contribution in [3.05, 3.63) is 40.8 Å². The molecular formula is C17H22BrCl2N3O2. The zero-order valence-corrected chi connectivity index (χ0v) is 16.8. The number of carbonyl (C=O) groups is 1. The number of aromatic nitrogens is 1. The van der Waals surface area contributed by atoms with Gasteiger partial charge in [-0.2, -0.15) is 0 Å². The van der Waals surface area contributed by atoms with Crippen molar-refractivity contribution in [3.63, 3.8) is 0 Å². The smallest absolute Gasteiger partial charge is 0.220 e. The van der Waals surface area contributed by atoms with E-state index in [1.54, 1.807) is 6.20 Å². The van der Waals surface area contributed by atoms with Gasteiger partial charge < -0.3 is 15.5 Å². The Bertz CT molecular complexity index is 692. The highest BCUT2D eigenvalue weighted by molar-refractivity contribution is 9.10. The molecule has 138 valence electrons. The minimum atomic E-state index is 0. The number of aryl methyl sites for hydroxylation is 1. The molecule has 3 N–H and O–H groups in total. The molecule has 1 atom stereocenters. The maximum absolute atomic E-state index is 12.0. The first-order valence-electron chi connectivity index (χ1n) is 7.86. The number of nitrogens with two attached hydrogens (primary N) is 1. The number of rotatable bonds is 7. The van der Waals surface area contributed by atoms with Gasteiger partial charge in [-0.05, 0) is 24.8 Å². The molecule has 1 aromatic heterocycles. The molecule has 1 amide bonds. The van der Waals surface area contributed by atoms with E-state index in [1.807, 2.05) is 24.3 Å². The molecule has 1 heterocycles. The number of oxazole rings is 1. The van der Waals surface area contributed by atoms with Gasteiger partial charge in [-0.3, -0.25) is 4.79 Å². The van der Waals surface area contributed by atoms with Crippen LogP contribution in [0, 0.1) is 5.92 Å². The predicted molar refractivity (Wildman–Crippen MR) is 106 cm³/mol. The summed E-state index contributed by atoms with van der Waals surface area (Å²) in [5.74, 6) is 1.84. The number of halogens is 3. The zero-order chi connectivity index (χ0) is 16.2. The Morgan fingerprint density at radius 3 is 2.72 bits per heavy atom. The van der Waals surface area contributed by atoms with Gasteiger partial charge in [0.15, 0.2) is 11.7 Å². The molecule has 0 aliphatic heterocycles. The fourth-order valence-corrected chi connectivity index (χ4v) is 3.06. The third-order valence-electron chi connectivity index (χ3n) is 4.05. The molecule has 0 spiro atoms. The van der Waals surface area contributed by atoms with Crippen LogP contribution in [0.2, 0.25) is 0 Å². The Morgan fingerprint density at radius 2 is 2.08 bits per heavy atom. The summed E-state index contributed by atoms with van der Waals surface area (Å²) in [6.45, 7) is 0.502. The molecule has 0 bridgehead atoms. The second kappa shape index (κ2) is 10.2. The number of benzene rings is 1. The van der Waals surface area contributed by atoms with Gasteiger partial charge >= 0.3 is 0 Å². The lowest BCUT2D eigenvalue weighted by Gasteiger charge is -2.15. The second-order valence-corrected chi connectivity index (χ2v) is 6.70. The molecule has 25 heavy (non-hydrogen) atoms. The van der Waals surface area contributed by atoms with E-state index in [-0.39, 0.29) is 36.8 Å². The minimum absolute atomic E-state index is 0. The fourth-order valence-electron chi connectivity index (χ4n) is 2.58. The quantitative estimate of drug-likeness (QED) is 0.673. The summed E-state index contributed by atoms with van der Waals surface area (Å²) in [6.07, 6.45) is 4.87. The SMILES string of the molecule is Cl.Cl.NCC(NC(=O)CCc1ncc(-c2ccccc2Br)o1)C1CC1. The van der Waals surface area contributed by atoms with Crippen molar-refractivity contribution in [3.8, 4) is 11.3 Å². The number of amides is 1. The highest BCUT2D eigenvalue weighted by Crippen LogP contribution is 2.32. The van der Waals surface area contributed by atoms with Gasteiger partial charge in [0.1, 0.15) is 0 Å². The van der Waals surface area contributed by atoms with Crippen LogP contribution in [0.3, 0.4) is 0 Å². The van der Waals surface area contributed by atoms with Crippen LogP contribution >= 0.6 is 40.7 Å². The maximum Gasteiger partial charge on any atom is 0.220 e. The average molecular weight is 451 g/mol. The Kier molecular flexibility index (Phi) is 8.93. The van der Waals surface area contributed by atoms with E-state index in [2.05, 4.69) is 26.2 Å². The van der Waals surface area contributed by atoms with Crippen LogP contribution in [0.15, 0.2) is 39.4 Å². The van der Waals surface area contributed by atoms with Gasteiger partial charge in [0.25, 0.3) is 0 Å². The van der Waals surface area contributed by atoms with E-state index in [9.17, 15) is 4.79 Å². The molecule has 1 aromatic carbocycles.